The number of hydrogen-bond donors (Lipinski definition) is 1. The first-order valence-electron chi connectivity index (χ1n) is 6.34. The molecule has 0 aliphatic carbocycles. The lowest BCUT2D eigenvalue weighted by atomic mass is 10.0. The third-order valence-corrected chi connectivity index (χ3v) is 3.65. The molecular weight excluding hydrogens is 220 g/mol. The fourth-order valence-electron chi connectivity index (χ4n) is 2.70. The van der Waals surface area contributed by atoms with Gasteiger partial charge in [0.15, 0.2) is 0 Å². The van der Waals surface area contributed by atoms with Crippen LogP contribution in [0.25, 0.3) is 16.6 Å². The van der Waals surface area contributed by atoms with Crippen LogP contribution in [0, 0.1) is 0 Å². The van der Waals surface area contributed by atoms with Gasteiger partial charge in [-0.15, -0.1) is 0 Å². The molecule has 0 saturated heterocycles. The maximum Gasteiger partial charge on any atom is 0.0456 e. The molecule has 0 fully saturated rings. The molecule has 0 unspecified atom stereocenters. The van der Waals surface area contributed by atoms with Crippen molar-refractivity contribution in [3.05, 3.63) is 60.4 Å². The summed E-state index contributed by atoms with van der Waals surface area (Å²) in [6.07, 6.45) is 5.42. The van der Waals surface area contributed by atoms with Gasteiger partial charge in [-0.2, -0.15) is 0 Å². The van der Waals surface area contributed by atoms with Crippen LogP contribution in [-0.4, -0.2) is 10.9 Å². The van der Waals surface area contributed by atoms with Crippen LogP contribution in [0.2, 0.25) is 0 Å². The quantitative estimate of drug-likeness (QED) is 0.680. The van der Waals surface area contributed by atoms with Crippen molar-refractivity contribution >= 4 is 11.2 Å². The molecule has 0 amide bonds. The lowest BCUT2D eigenvalue weighted by Crippen LogP contribution is -1.90. The molecule has 2 nitrogen and oxygen atoms in total. The summed E-state index contributed by atoms with van der Waals surface area (Å²) in [7, 11) is 0. The van der Waals surface area contributed by atoms with E-state index in [1.165, 1.54) is 27.9 Å². The second-order valence-corrected chi connectivity index (χ2v) is 4.81. The maximum absolute atomic E-state index is 3.40. The van der Waals surface area contributed by atoms with Gasteiger partial charge in [-0.25, -0.2) is 0 Å². The van der Waals surface area contributed by atoms with Gasteiger partial charge in [-0.3, -0.25) is 0 Å². The van der Waals surface area contributed by atoms with E-state index in [9.17, 15) is 0 Å². The predicted molar refractivity (Wildman–Crippen MR) is 75.0 cm³/mol. The Morgan fingerprint density at radius 2 is 2.00 bits per heavy atom. The van der Waals surface area contributed by atoms with E-state index in [2.05, 4.69) is 64.6 Å². The van der Waals surface area contributed by atoms with E-state index in [0.29, 0.717) is 0 Å². The molecule has 0 atom stereocenters. The molecule has 0 saturated carbocycles. The van der Waals surface area contributed by atoms with E-state index in [1.54, 1.807) is 0 Å². The molecule has 0 bridgehead atoms. The van der Waals surface area contributed by atoms with Crippen molar-refractivity contribution in [2.45, 2.75) is 6.42 Å². The van der Waals surface area contributed by atoms with Gasteiger partial charge in [0.2, 0.25) is 0 Å². The summed E-state index contributed by atoms with van der Waals surface area (Å²) in [5, 5.41) is 3.40. The van der Waals surface area contributed by atoms with E-state index < -0.39 is 0 Å². The van der Waals surface area contributed by atoms with Crippen molar-refractivity contribution in [3.8, 4) is 11.1 Å². The van der Waals surface area contributed by atoms with E-state index in [0.717, 1.165) is 13.0 Å². The van der Waals surface area contributed by atoms with Crippen molar-refractivity contribution in [1.82, 2.24) is 4.40 Å². The van der Waals surface area contributed by atoms with Gasteiger partial charge in [0.25, 0.3) is 0 Å². The highest BCUT2D eigenvalue weighted by molar-refractivity contribution is 5.73. The molecular formula is C16H14N2. The van der Waals surface area contributed by atoms with Gasteiger partial charge in [-0.05, 0) is 47.9 Å². The summed E-state index contributed by atoms with van der Waals surface area (Å²) < 4.78 is 2.17. The minimum atomic E-state index is 1.07. The lowest BCUT2D eigenvalue weighted by Gasteiger charge is -2.02. The molecule has 2 aromatic heterocycles. The number of anilines is 1. The van der Waals surface area contributed by atoms with Crippen molar-refractivity contribution in [3.63, 3.8) is 0 Å². The minimum Gasteiger partial charge on any atom is -0.384 e. The number of pyridine rings is 1. The first kappa shape index (κ1) is 9.77. The van der Waals surface area contributed by atoms with Gasteiger partial charge < -0.3 is 9.72 Å². The smallest absolute Gasteiger partial charge is 0.0456 e. The number of nitrogens with one attached hydrogen (secondary N) is 1. The molecule has 18 heavy (non-hydrogen) atoms. The number of nitrogens with zero attached hydrogens (tertiary/aromatic N) is 1. The average molecular weight is 234 g/mol. The molecule has 88 valence electrons. The first-order chi connectivity index (χ1) is 8.90. The van der Waals surface area contributed by atoms with E-state index in [1.807, 2.05) is 0 Å². The third kappa shape index (κ3) is 1.42. The molecule has 1 aliphatic heterocycles. The van der Waals surface area contributed by atoms with Crippen molar-refractivity contribution in [2.24, 2.45) is 0 Å². The Morgan fingerprint density at radius 3 is 2.94 bits per heavy atom. The largest absolute Gasteiger partial charge is 0.384 e. The van der Waals surface area contributed by atoms with Crippen LogP contribution >= 0.6 is 0 Å². The van der Waals surface area contributed by atoms with Crippen LogP contribution in [-0.2, 0) is 6.42 Å². The number of rotatable bonds is 1. The maximum atomic E-state index is 3.40. The molecule has 3 heterocycles. The van der Waals surface area contributed by atoms with Crippen molar-refractivity contribution < 1.29 is 0 Å². The first-order valence-corrected chi connectivity index (χ1v) is 6.34. The van der Waals surface area contributed by atoms with Crippen LogP contribution in [0.3, 0.4) is 0 Å². The molecule has 2 heteroatoms. The fourth-order valence-corrected chi connectivity index (χ4v) is 2.70. The molecule has 4 rings (SSSR count). The Kier molecular flexibility index (Phi) is 1.97. The zero-order chi connectivity index (χ0) is 11.9. The van der Waals surface area contributed by atoms with Crippen LogP contribution in [0.4, 0.5) is 5.69 Å². The number of aromatic nitrogens is 1. The van der Waals surface area contributed by atoms with Crippen molar-refractivity contribution in [2.75, 3.05) is 11.9 Å². The topological polar surface area (TPSA) is 16.4 Å². The fraction of sp³-hybridized carbons (Fsp3) is 0.125. The summed E-state index contributed by atoms with van der Waals surface area (Å²) in [4.78, 5) is 0. The van der Waals surface area contributed by atoms with Crippen LogP contribution in [0.1, 0.15) is 5.56 Å². The number of benzene rings is 1. The Labute approximate surface area is 106 Å². The average Bonchev–Trinajstić information content (AvgIpc) is 3.04. The van der Waals surface area contributed by atoms with E-state index >= 15 is 0 Å². The van der Waals surface area contributed by atoms with Gasteiger partial charge >= 0.3 is 0 Å². The van der Waals surface area contributed by atoms with Gasteiger partial charge in [0.1, 0.15) is 0 Å². The zero-order valence-electron chi connectivity index (χ0n) is 10.1. The highest BCUT2D eigenvalue weighted by Gasteiger charge is 2.11. The predicted octanol–water partition coefficient (Wildman–Crippen LogP) is 3.57. The molecule has 1 aromatic carbocycles. The number of hydrogen-bond acceptors (Lipinski definition) is 1. The van der Waals surface area contributed by atoms with Gasteiger partial charge in [0.05, 0.1) is 0 Å². The summed E-state index contributed by atoms with van der Waals surface area (Å²) in [6.45, 7) is 1.07. The monoisotopic (exact) mass is 234 g/mol. The Hall–Kier alpha value is -2.22. The highest BCUT2D eigenvalue weighted by atomic mass is 14.9. The van der Waals surface area contributed by atoms with Crippen LogP contribution < -0.4 is 5.32 Å². The minimum absolute atomic E-state index is 1.07. The Bertz CT molecular complexity index is 692. The van der Waals surface area contributed by atoms with Crippen LogP contribution in [0.15, 0.2) is 54.9 Å². The van der Waals surface area contributed by atoms with E-state index in [4.69, 9.17) is 0 Å². The standard InChI is InChI=1S/C16H14N2/c1-2-8-18-11-14(10-15(18)3-1)12-4-5-16-13(9-12)6-7-17-16/h1-5,8-11,17H,6-7H2. The lowest BCUT2D eigenvalue weighted by molar-refractivity contribution is 1.11. The molecule has 1 N–H and O–H groups in total. The van der Waals surface area contributed by atoms with E-state index in [-0.39, 0.29) is 0 Å². The van der Waals surface area contributed by atoms with Crippen molar-refractivity contribution in [1.29, 1.82) is 0 Å². The number of fused-ring (bicyclic) bond motifs is 2. The highest BCUT2D eigenvalue weighted by Crippen LogP contribution is 2.29. The molecule has 0 radical (unpaired) electrons. The Morgan fingerprint density at radius 1 is 1.00 bits per heavy atom. The van der Waals surface area contributed by atoms with Gasteiger partial charge in [-0.1, -0.05) is 12.1 Å². The molecule has 1 aliphatic rings. The second-order valence-electron chi connectivity index (χ2n) is 4.81. The summed E-state index contributed by atoms with van der Waals surface area (Å²) in [5.74, 6) is 0. The SMILES string of the molecule is c1ccn2cc(-c3ccc4c(c3)CCN4)cc2c1. The third-order valence-electron chi connectivity index (χ3n) is 3.65. The molecule has 0 spiro atoms. The summed E-state index contributed by atoms with van der Waals surface area (Å²) in [5.41, 5.74) is 6.56. The summed E-state index contributed by atoms with van der Waals surface area (Å²) in [6, 6.07) is 15.2. The Balaban J connectivity index is 1.86. The zero-order valence-corrected chi connectivity index (χ0v) is 10.1. The second kappa shape index (κ2) is 3.64. The molecule has 3 aromatic rings. The normalized spacial score (nSPS) is 13.6. The van der Waals surface area contributed by atoms with Gasteiger partial charge in [0, 0.05) is 35.7 Å². The summed E-state index contributed by atoms with van der Waals surface area (Å²) >= 11 is 0. The van der Waals surface area contributed by atoms with Crippen LogP contribution in [0.5, 0.6) is 0 Å².